The predicted molar refractivity (Wildman–Crippen MR) is 79.7 cm³/mol. The average Bonchev–Trinajstić information content (AvgIpc) is 2.40. The van der Waals surface area contributed by atoms with Crippen LogP contribution in [0.15, 0.2) is 42.5 Å². The van der Waals surface area contributed by atoms with Crippen LogP contribution in [0, 0.1) is 0 Å². The summed E-state index contributed by atoms with van der Waals surface area (Å²) in [5.41, 5.74) is 0.552. The molecule has 0 bridgehead atoms. The lowest BCUT2D eigenvalue weighted by molar-refractivity contribution is 0.112. The first-order valence-corrected chi connectivity index (χ1v) is 6.62. The van der Waals surface area contributed by atoms with Crippen LogP contribution < -0.4 is 4.74 Å². The summed E-state index contributed by atoms with van der Waals surface area (Å²) < 4.78 is 5.55. The number of halogens is 2. The minimum atomic E-state index is 0.499. The third kappa shape index (κ3) is 4.93. The summed E-state index contributed by atoms with van der Waals surface area (Å²) in [7, 11) is 0. The molecule has 0 atom stereocenters. The van der Waals surface area contributed by atoms with E-state index in [4.69, 9.17) is 27.9 Å². The normalized spacial score (nSPS) is 9.26. The van der Waals surface area contributed by atoms with Gasteiger partial charge in [-0.05, 0) is 30.3 Å². The van der Waals surface area contributed by atoms with Crippen molar-refractivity contribution in [2.75, 3.05) is 0 Å². The largest absolute Gasteiger partial charge is 0.457 e. The SMILES string of the molecule is CC.O=Cc1cccc(Oc2cc(Cl)cc(Cl)c2)c1. The number of carbonyl (C=O) groups excluding carboxylic acids is 1. The van der Waals surface area contributed by atoms with Gasteiger partial charge < -0.3 is 4.74 Å². The highest BCUT2D eigenvalue weighted by Gasteiger charge is 2.01. The predicted octanol–water partition coefficient (Wildman–Crippen LogP) is 5.62. The molecule has 0 radical (unpaired) electrons. The summed E-state index contributed by atoms with van der Waals surface area (Å²) >= 11 is 11.7. The fourth-order valence-corrected chi connectivity index (χ4v) is 1.88. The highest BCUT2D eigenvalue weighted by molar-refractivity contribution is 6.34. The smallest absolute Gasteiger partial charge is 0.150 e. The van der Waals surface area contributed by atoms with Gasteiger partial charge in [0, 0.05) is 15.6 Å². The minimum absolute atomic E-state index is 0.499. The molecule has 0 N–H and O–H groups in total. The Labute approximate surface area is 122 Å². The van der Waals surface area contributed by atoms with Gasteiger partial charge in [-0.2, -0.15) is 0 Å². The molecule has 19 heavy (non-hydrogen) atoms. The Morgan fingerprint density at radius 3 is 2.16 bits per heavy atom. The molecule has 2 rings (SSSR count). The molecule has 2 aromatic carbocycles. The van der Waals surface area contributed by atoms with Crippen molar-refractivity contribution in [1.82, 2.24) is 0 Å². The van der Waals surface area contributed by atoms with Crippen LogP contribution in [0.4, 0.5) is 0 Å². The molecule has 0 saturated heterocycles. The second kappa shape index (κ2) is 7.82. The van der Waals surface area contributed by atoms with Crippen molar-refractivity contribution in [3.63, 3.8) is 0 Å². The Kier molecular flexibility index (Phi) is 6.40. The van der Waals surface area contributed by atoms with E-state index >= 15 is 0 Å². The molecule has 0 aliphatic rings. The zero-order chi connectivity index (χ0) is 14.3. The molecule has 0 fully saturated rings. The first kappa shape index (κ1) is 15.5. The zero-order valence-electron chi connectivity index (χ0n) is 10.7. The van der Waals surface area contributed by atoms with Gasteiger partial charge in [-0.1, -0.05) is 49.2 Å². The van der Waals surface area contributed by atoms with E-state index in [-0.39, 0.29) is 0 Å². The number of ether oxygens (including phenoxy) is 1. The second-order valence-corrected chi connectivity index (χ2v) is 4.27. The molecule has 0 saturated carbocycles. The molecule has 2 nitrogen and oxygen atoms in total. The standard InChI is InChI=1S/C13H8Cl2O2.C2H6/c14-10-5-11(15)7-13(6-10)17-12-3-1-2-9(4-12)8-16;1-2/h1-8H;1-2H3. The van der Waals surface area contributed by atoms with Gasteiger partial charge in [-0.3, -0.25) is 4.79 Å². The lowest BCUT2D eigenvalue weighted by Gasteiger charge is -2.06. The number of benzene rings is 2. The maximum Gasteiger partial charge on any atom is 0.150 e. The van der Waals surface area contributed by atoms with Crippen LogP contribution in [-0.4, -0.2) is 6.29 Å². The summed E-state index contributed by atoms with van der Waals surface area (Å²) in [5, 5.41) is 0.998. The molecule has 100 valence electrons. The summed E-state index contributed by atoms with van der Waals surface area (Å²) in [6.45, 7) is 4.00. The van der Waals surface area contributed by atoms with E-state index < -0.39 is 0 Å². The first-order chi connectivity index (χ1) is 9.17. The highest BCUT2D eigenvalue weighted by atomic mass is 35.5. The monoisotopic (exact) mass is 296 g/mol. The van der Waals surface area contributed by atoms with E-state index in [1.54, 1.807) is 42.5 Å². The molecule has 0 aromatic heterocycles. The van der Waals surface area contributed by atoms with E-state index in [1.807, 2.05) is 13.8 Å². The second-order valence-electron chi connectivity index (χ2n) is 3.40. The first-order valence-electron chi connectivity index (χ1n) is 5.86. The number of rotatable bonds is 3. The van der Waals surface area contributed by atoms with Gasteiger partial charge in [0.25, 0.3) is 0 Å². The van der Waals surface area contributed by atoms with Crippen LogP contribution >= 0.6 is 23.2 Å². The van der Waals surface area contributed by atoms with Gasteiger partial charge in [0.15, 0.2) is 0 Å². The number of hydrogen-bond donors (Lipinski definition) is 0. The molecule has 0 aliphatic heterocycles. The molecule has 2 aromatic rings. The third-order valence-corrected chi connectivity index (χ3v) is 2.50. The molecule has 0 spiro atoms. The van der Waals surface area contributed by atoms with Crippen molar-refractivity contribution in [3.05, 3.63) is 58.1 Å². The number of aldehydes is 1. The van der Waals surface area contributed by atoms with Crippen molar-refractivity contribution in [1.29, 1.82) is 0 Å². The fraction of sp³-hybridized carbons (Fsp3) is 0.133. The van der Waals surface area contributed by atoms with E-state index in [2.05, 4.69) is 0 Å². The zero-order valence-corrected chi connectivity index (χ0v) is 12.2. The highest BCUT2D eigenvalue weighted by Crippen LogP contribution is 2.28. The van der Waals surface area contributed by atoms with Gasteiger partial charge in [-0.15, -0.1) is 0 Å². The molecule has 0 heterocycles. The van der Waals surface area contributed by atoms with Crippen molar-refractivity contribution in [3.8, 4) is 11.5 Å². The van der Waals surface area contributed by atoms with Crippen molar-refractivity contribution in [2.24, 2.45) is 0 Å². The molecule has 4 heteroatoms. The summed E-state index contributed by atoms with van der Waals surface area (Å²) in [5.74, 6) is 1.10. The van der Waals surface area contributed by atoms with E-state index in [0.717, 1.165) is 6.29 Å². The molecule has 0 amide bonds. The summed E-state index contributed by atoms with van der Waals surface area (Å²) in [6.07, 6.45) is 0.762. The lowest BCUT2D eigenvalue weighted by atomic mass is 10.2. The van der Waals surface area contributed by atoms with Crippen LogP contribution in [0.25, 0.3) is 0 Å². The minimum Gasteiger partial charge on any atom is -0.457 e. The fourth-order valence-electron chi connectivity index (χ4n) is 1.37. The molecular weight excluding hydrogens is 283 g/mol. The van der Waals surface area contributed by atoms with Crippen molar-refractivity contribution >= 4 is 29.5 Å². The van der Waals surface area contributed by atoms with Crippen LogP contribution in [0.2, 0.25) is 10.0 Å². The molecular formula is C15H14Cl2O2. The van der Waals surface area contributed by atoms with Gasteiger partial charge in [-0.25, -0.2) is 0 Å². The van der Waals surface area contributed by atoms with E-state index in [9.17, 15) is 4.79 Å². The Hall–Kier alpha value is -1.51. The Morgan fingerprint density at radius 1 is 0.947 bits per heavy atom. The van der Waals surface area contributed by atoms with Crippen molar-refractivity contribution in [2.45, 2.75) is 13.8 Å². The topological polar surface area (TPSA) is 26.3 Å². The third-order valence-electron chi connectivity index (χ3n) is 2.07. The van der Waals surface area contributed by atoms with Crippen LogP contribution in [0.3, 0.4) is 0 Å². The quantitative estimate of drug-likeness (QED) is 0.687. The Morgan fingerprint density at radius 2 is 1.58 bits per heavy atom. The van der Waals surface area contributed by atoms with Crippen LogP contribution in [0.1, 0.15) is 24.2 Å². The molecule has 0 aliphatic carbocycles. The van der Waals surface area contributed by atoms with Gasteiger partial charge in [0.05, 0.1) is 0 Å². The Balaban J connectivity index is 0.000000861. The summed E-state index contributed by atoms with van der Waals surface area (Å²) in [4.78, 5) is 10.6. The van der Waals surface area contributed by atoms with E-state index in [1.165, 1.54) is 0 Å². The van der Waals surface area contributed by atoms with Gasteiger partial charge in [0.2, 0.25) is 0 Å². The van der Waals surface area contributed by atoms with E-state index in [0.29, 0.717) is 27.1 Å². The Bertz CT molecular complexity index is 533. The average molecular weight is 297 g/mol. The van der Waals surface area contributed by atoms with Crippen molar-refractivity contribution < 1.29 is 9.53 Å². The lowest BCUT2D eigenvalue weighted by Crippen LogP contribution is -1.86. The number of carbonyl (C=O) groups is 1. The van der Waals surface area contributed by atoms with Gasteiger partial charge in [0.1, 0.15) is 17.8 Å². The number of hydrogen-bond acceptors (Lipinski definition) is 2. The molecule has 0 unspecified atom stereocenters. The van der Waals surface area contributed by atoms with Gasteiger partial charge >= 0.3 is 0 Å². The van der Waals surface area contributed by atoms with Crippen LogP contribution in [0.5, 0.6) is 11.5 Å². The summed E-state index contributed by atoms with van der Waals surface area (Å²) in [6, 6.07) is 11.8. The van der Waals surface area contributed by atoms with Crippen LogP contribution in [-0.2, 0) is 0 Å². The maximum absolute atomic E-state index is 10.6. The maximum atomic E-state index is 10.6.